The van der Waals surface area contributed by atoms with Gasteiger partial charge in [0, 0.05) is 18.7 Å². The zero-order valence-corrected chi connectivity index (χ0v) is 21.1. The number of carbonyl (C=O) groups is 1. The number of carboxylic acid groups (broad SMARTS) is 1. The molecule has 0 radical (unpaired) electrons. The van der Waals surface area contributed by atoms with Crippen LogP contribution in [-0.2, 0) is 30.6 Å². The van der Waals surface area contributed by atoms with Crippen LogP contribution in [0.3, 0.4) is 0 Å². The summed E-state index contributed by atoms with van der Waals surface area (Å²) in [7, 11) is 0. The molecule has 10 heteroatoms. The van der Waals surface area contributed by atoms with Crippen molar-refractivity contribution in [1.29, 1.82) is 0 Å². The van der Waals surface area contributed by atoms with Gasteiger partial charge in [-0.25, -0.2) is 14.5 Å². The quantitative estimate of drug-likeness (QED) is 0.244. The van der Waals surface area contributed by atoms with Crippen molar-refractivity contribution in [3.8, 4) is 5.75 Å². The first-order valence-corrected chi connectivity index (χ1v) is 12.9. The number of pyridine rings is 1. The van der Waals surface area contributed by atoms with Crippen LogP contribution in [0.2, 0.25) is 0 Å². The minimum Gasteiger partial charge on any atom is -0.494 e. The average Bonchev–Trinajstić information content (AvgIpc) is 3.38. The number of aromatic nitrogens is 5. The summed E-state index contributed by atoms with van der Waals surface area (Å²) in [6.45, 7) is 2.00. The summed E-state index contributed by atoms with van der Waals surface area (Å²) in [6, 6.07) is 20.6. The van der Waals surface area contributed by atoms with Crippen molar-refractivity contribution in [2.24, 2.45) is 0 Å². The zero-order valence-electron chi connectivity index (χ0n) is 21.1. The Labute approximate surface area is 221 Å². The topological polar surface area (TPSA) is 127 Å². The van der Waals surface area contributed by atoms with Crippen LogP contribution in [0, 0.1) is 0 Å². The first kappa shape index (κ1) is 25.2. The number of hydrogen-bond acceptors (Lipinski definition) is 8. The molecule has 1 aliphatic rings. The Bertz CT molecular complexity index is 1340. The largest absolute Gasteiger partial charge is 0.494 e. The Morgan fingerprint density at radius 1 is 1.08 bits per heavy atom. The summed E-state index contributed by atoms with van der Waals surface area (Å²) in [4.78, 5) is 16.7. The van der Waals surface area contributed by atoms with Crippen molar-refractivity contribution in [2.75, 3.05) is 23.8 Å². The summed E-state index contributed by atoms with van der Waals surface area (Å²) in [5, 5.41) is 27.8. The maximum Gasteiger partial charge on any atom is 0.326 e. The molecule has 0 bridgehead atoms. The molecule has 10 nitrogen and oxygen atoms in total. The molecule has 4 aromatic rings. The van der Waals surface area contributed by atoms with E-state index in [1.54, 1.807) is 4.68 Å². The molecule has 3 N–H and O–H groups in total. The minimum atomic E-state index is -0.981. The number of hydrogen-bond donors (Lipinski definition) is 3. The van der Waals surface area contributed by atoms with E-state index in [9.17, 15) is 9.90 Å². The molecule has 1 aliphatic heterocycles. The van der Waals surface area contributed by atoms with Gasteiger partial charge < -0.3 is 20.5 Å². The van der Waals surface area contributed by atoms with Gasteiger partial charge in [-0.1, -0.05) is 53.6 Å². The molecule has 0 spiro atoms. The molecule has 0 aliphatic carbocycles. The molecular weight excluding hydrogens is 482 g/mol. The van der Waals surface area contributed by atoms with Gasteiger partial charge in [-0.3, -0.25) is 0 Å². The van der Waals surface area contributed by atoms with Crippen LogP contribution >= 0.6 is 0 Å². The minimum absolute atomic E-state index is 0.270. The number of benzene rings is 2. The number of tetrazole rings is 1. The monoisotopic (exact) mass is 513 g/mol. The SMILES string of the molecule is O=C(O)C(Cc1ccc(OCCCc2ccc3c(n2)NCCC3)cc1)Nc1nnnn1Cc1ccccc1. The first-order chi connectivity index (χ1) is 18.6. The van der Waals surface area contributed by atoms with E-state index < -0.39 is 12.0 Å². The van der Waals surface area contributed by atoms with Crippen LogP contribution in [0.1, 0.15) is 35.2 Å². The smallest absolute Gasteiger partial charge is 0.326 e. The van der Waals surface area contributed by atoms with Gasteiger partial charge in [0.1, 0.15) is 17.6 Å². The van der Waals surface area contributed by atoms with E-state index in [1.807, 2.05) is 54.6 Å². The lowest BCUT2D eigenvalue weighted by atomic mass is 10.1. The van der Waals surface area contributed by atoms with Crippen molar-refractivity contribution in [2.45, 2.75) is 44.7 Å². The maximum absolute atomic E-state index is 12.0. The summed E-state index contributed by atoms with van der Waals surface area (Å²) < 4.78 is 7.45. The second-order valence-electron chi connectivity index (χ2n) is 9.32. The third kappa shape index (κ3) is 6.64. The highest BCUT2D eigenvalue weighted by atomic mass is 16.5. The fourth-order valence-electron chi connectivity index (χ4n) is 4.44. The first-order valence-electron chi connectivity index (χ1n) is 12.9. The predicted molar refractivity (Wildman–Crippen MR) is 143 cm³/mol. The molecule has 196 valence electrons. The fraction of sp³-hybridized carbons (Fsp3) is 0.321. The van der Waals surface area contributed by atoms with Crippen molar-refractivity contribution < 1.29 is 14.6 Å². The number of aliphatic carboxylic acids is 1. The number of nitrogens with one attached hydrogen (secondary N) is 2. The number of rotatable bonds is 12. The third-order valence-corrected chi connectivity index (χ3v) is 6.47. The number of anilines is 2. The Morgan fingerprint density at radius 3 is 2.74 bits per heavy atom. The van der Waals surface area contributed by atoms with Crippen LogP contribution in [0.15, 0.2) is 66.7 Å². The lowest BCUT2D eigenvalue weighted by Gasteiger charge is -2.17. The zero-order chi connectivity index (χ0) is 26.2. The van der Waals surface area contributed by atoms with Gasteiger partial charge in [0.25, 0.3) is 0 Å². The lowest BCUT2D eigenvalue weighted by molar-refractivity contribution is -0.137. The molecule has 38 heavy (non-hydrogen) atoms. The Hall–Kier alpha value is -4.47. The molecule has 0 amide bonds. The molecule has 1 unspecified atom stereocenters. The van der Waals surface area contributed by atoms with Gasteiger partial charge in [0.2, 0.25) is 5.95 Å². The van der Waals surface area contributed by atoms with Crippen molar-refractivity contribution in [1.82, 2.24) is 25.2 Å². The summed E-state index contributed by atoms with van der Waals surface area (Å²) in [6.07, 6.45) is 4.22. The highest BCUT2D eigenvalue weighted by Gasteiger charge is 2.21. The summed E-state index contributed by atoms with van der Waals surface area (Å²) >= 11 is 0. The standard InChI is InChI=1S/C28H31N7O3/c36-27(37)25(31-28-32-33-34-35(28)19-21-6-2-1-3-7-21)18-20-10-14-24(15-11-20)38-17-5-9-23-13-12-22-8-4-16-29-26(22)30-23/h1-3,6-7,10-15,25H,4-5,8-9,16-19H2,(H,29,30)(H,36,37)(H,31,32,34). The van der Waals surface area contributed by atoms with Gasteiger partial charge in [0.15, 0.2) is 0 Å². The van der Waals surface area contributed by atoms with Crippen molar-refractivity contribution >= 4 is 17.7 Å². The second-order valence-corrected chi connectivity index (χ2v) is 9.32. The normalized spacial score (nSPS) is 13.3. The van der Waals surface area contributed by atoms with Crippen LogP contribution < -0.4 is 15.4 Å². The number of ether oxygens (including phenoxy) is 1. The molecule has 0 saturated heterocycles. The average molecular weight is 514 g/mol. The van der Waals surface area contributed by atoms with Crippen LogP contribution in [0.4, 0.5) is 11.8 Å². The van der Waals surface area contributed by atoms with E-state index in [0.717, 1.165) is 60.6 Å². The summed E-state index contributed by atoms with van der Waals surface area (Å²) in [5.74, 6) is 1.10. The Balaban J connectivity index is 1.11. The lowest BCUT2D eigenvalue weighted by Crippen LogP contribution is -2.33. The van der Waals surface area contributed by atoms with E-state index >= 15 is 0 Å². The fourth-order valence-corrected chi connectivity index (χ4v) is 4.44. The van der Waals surface area contributed by atoms with Gasteiger partial charge in [-0.15, -0.1) is 0 Å². The van der Waals surface area contributed by atoms with Crippen LogP contribution in [-0.4, -0.2) is 55.5 Å². The second kappa shape index (κ2) is 12.2. The number of carboxylic acids is 1. The third-order valence-electron chi connectivity index (χ3n) is 6.47. The van der Waals surface area contributed by atoms with Gasteiger partial charge in [-0.05, 0) is 71.0 Å². The van der Waals surface area contributed by atoms with E-state index in [-0.39, 0.29) is 6.42 Å². The van der Waals surface area contributed by atoms with E-state index in [1.165, 1.54) is 5.56 Å². The molecule has 5 rings (SSSR count). The molecule has 1 atom stereocenters. The Morgan fingerprint density at radius 2 is 1.92 bits per heavy atom. The molecular formula is C28H31N7O3. The highest BCUT2D eigenvalue weighted by molar-refractivity contribution is 5.77. The van der Waals surface area contributed by atoms with E-state index in [4.69, 9.17) is 9.72 Å². The predicted octanol–water partition coefficient (Wildman–Crippen LogP) is 3.59. The molecule has 2 aromatic carbocycles. The van der Waals surface area contributed by atoms with Crippen LogP contribution in [0.5, 0.6) is 5.75 Å². The van der Waals surface area contributed by atoms with Gasteiger partial charge >= 0.3 is 5.97 Å². The number of nitrogens with zero attached hydrogens (tertiary/aromatic N) is 5. The van der Waals surface area contributed by atoms with Crippen LogP contribution in [0.25, 0.3) is 0 Å². The molecule has 3 heterocycles. The summed E-state index contributed by atoms with van der Waals surface area (Å²) in [5.41, 5.74) is 4.24. The molecule has 0 fully saturated rings. The molecule has 2 aromatic heterocycles. The highest BCUT2D eigenvalue weighted by Crippen LogP contribution is 2.20. The maximum atomic E-state index is 12.0. The van der Waals surface area contributed by atoms with Gasteiger partial charge in [-0.2, -0.15) is 0 Å². The van der Waals surface area contributed by atoms with Crippen molar-refractivity contribution in [3.05, 3.63) is 89.1 Å². The number of aryl methyl sites for hydroxylation is 2. The van der Waals surface area contributed by atoms with E-state index in [2.05, 4.69) is 38.3 Å². The Kier molecular flexibility index (Phi) is 8.07. The number of fused-ring (bicyclic) bond motifs is 1. The van der Waals surface area contributed by atoms with Crippen molar-refractivity contribution in [3.63, 3.8) is 0 Å². The van der Waals surface area contributed by atoms with Gasteiger partial charge in [0.05, 0.1) is 13.2 Å². The van der Waals surface area contributed by atoms with E-state index in [0.29, 0.717) is 19.1 Å². The molecule has 0 saturated carbocycles.